The first-order valence-electron chi connectivity index (χ1n) is 7.54. The zero-order valence-electron chi connectivity index (χ0n) is 12.6. The summed E-state index contributed by atoms with van der Waals surface area (Å²) in [7, 11) is 0. The number of hydrogen-bond acceptors (Lipinski definition) is 5. The van der Waals surface area contributed by atoms with Crippen LogP contribution in [0.2, 0.25) is 5.02 Å². The molecule has 2 aliphatic heterocycles. The van der Waals surface area contributed by atoms with E-state index < -0.39 is 0 Å². The van der Waals surface area contributed by atoms with E-state index in [2.05, 4.69) is 16.8 Å². The molecule has 0 saturated carbocycles. The molecule has 0 spiro atoms. The first-order valence-corrected chi connectivity index (χ1v) is 8.79. The lowest BCUT2D eigenvalue weighted by molar-refractivity contribution is 0.321. The van der Waals surface area contributed by atoms with E-state index in [1.165, 1.54) is 0 Å². The predicted octanol–water partition coefficient (Wildman–Crippen LogP) is 4.03. The fourth-order valence-corrected chi connectivity index (χ4v) is 4.47. The maximum Gasteiger partial charge on any atom is 0.160 e. The topological polar surface area (TPSA) is 48.7 Å². The van der Waals surface area contributed by atoms with Crippen LogP contribution in [0, 0.1) is 0 Å². The first kappa shape index (κ1) is 14.8. The molecule has 6 heteroatoms. The van der Waals surface area contributed by atoms with Crippen molar-refractivity contribution >= 4 is 28.5 Å². The smallest absolute Gasteiger partial charge is 0.160 e. The minimum absolute atomic E-state index is 0.0493. The van der Waals surface area contributed by atoms with Crippen molar-refractivity contribution < 1.29 is 5.11 Å². The molecule has 0 aliphatic carbocycles. The molecule has 23 heavy (non-hydrogen) atoms. The van der Waals surface area contributed by atoms with Crippen molar-refractivity contribution in [1.29, 1.82) is 0 Å². The van der Waals surface area contributed by atoms with Gasteiger partial charge in [0.1, 0.15) is 11.8 Å². The third-order valence-corrected chi connectivity index (χ3v) is 5.60. The summed E-state index contributed by atoms with van der Waals surface area (Å²) in [5, 5.41) is 11.7. The van der Waals surface area contributed by atoms with Gasteiger partial charge in [-0.15, -0.1) is 0 Å². The molecule has 2 aromatic rings. The molecule has 1 fully saturated rings. The molecule has 3 heterocycles. The maximum atomic E-state index is 9.71. The van der Waals surface area contributed by atoms with Crippen LogP contribution >= 0.6 is 23.4 Å². The summed E-state index contributed by atoms with van der Waals surface area (Å²) < 4.78 is 0. The molecule has 118 valence electrons. The molecule has 3 atom stereocenters. The average Bonchev–Trinajstić information content (AvgIpc) is 3.07. The number of phenolic OH excluding ortho intramolecular Hbond substituents is 1. The zero-order chi connectivity index (χ0) is 16.0. The molecule has 1 saturated heterocycles. The molecule has 0 radical (unpaired) electrons. The van der Waals surface area contributed by atoms with Crippen molar-refractivity contribution in [2.24, 2.45) is 4.99 Å². The number of aliphatic imine (C=N–C) groups is 1. The lowest BCUT2D eigenvalue weighted by Gasteiger charge is -2.27. The van der Waals surface area contributed by atoms with Gasteiger partial charge in [-0.2, -0.15) is 0 Å². The van der Waals surface area contributed by atoms with E-state index in [4.69, 9.17) is 16.6 Å². The molecule has 4 nitrogen and oxygen atoms in total. The van der Waals surface area contributed by atoms with Crippen molar-refractivity contribution in [1.82, 2.24) is 9.88 Å². The van der Waals surface area contributed by atoms with Crippen LogP contribution in [0.1, 0.15) is 30.3 Å². The monoisotopic (exact) mass is 345 g/mol. The zero-order valence-corrected chi connectivity index (χ0v) is 14.1. The van der Waals surface area contributed by atoms with Gasteiger partial charge in [0, 0.05) is 18.0 Å². The number of aromatic nitrogens is 1. The van der Waals surface area contributed by atoms with Gasteiger partial charge in [0.25, 0.3) is 0 Å². The van der Waals surface area contributed by atoms with Crippen molar-refractivity contribution in [3.8, 4) is 5.75 Å². The Labute approximate surface area is 144 Å². The number of pyridine rings is 1. The Morgan fingerprint density at radius 3 is 2.91 bits per heavy atom. The van der Waals surface area contributed by atoms with Crippen molar-refractivity contribution in [3.63, 3.8) is 0 Å². The van der Waals surface area contributed by atoms with Gasteiger partial charge in [0.05, 0.1) is 16.8 Å². The summed E-state index contributed by atoms with van der Waals surface area (Å²) >= 11 is 7.94. The molecule has 0 unspecified atom stereocenters. The minimum Gasteiger partial charge on any atom is -0.506 e. The number of amidine groups is 1. The number of hydrogen-bond donors (Lipinski definition) is 1. The standard InChI is InChI=1S/C17H16ClN3OS/c1-10-9-21-16(11-5-6-14(22)12(18)8-11)15(20-17(21)23-10)13-4-2-3-7-19-13/h2-8,10,15-16,22H,9H2,1H3/t10-,15-,16-/m0/s1. The number of nitrogens with zero attached hydrogens (tertiary/aromatic N) is 3. The fourth-order valence-electron chi connectivity index (χ4n) is 3.19. The minimum atomic E-state index is -0.0493. The SMILES string of the molecule is C[C@H]1CN2C(=N[C@@H](c3ccccn3)[C@@H]2c2ccc(O)c(Cl)c2)S1. The Morgan fingerprint density at radius 1 is 1.30 bits per heavy atom. The molecular formula is C17H16ClN3OS. The number of aromatic hydroxyl groups is 1. The number of thioether (sulfide) groups is 1. The second kappa shape index (κ2) is 5.73. The van der Waals surface area contributed by atoms with Crippen LogP contribution in [-0.4, -0.2) is 32.0 Å². The van der Waals surface area contributed by atoms with Gasteiger partial charge in [-0.05, 0) is 29.8 Å². The van der Waals surface area contributed by atoms with Crippen LogP contribution in [0.25, 0.3) is 0 Å². The highest BCUT2D eigenvalue weighted by atomic mass is 35.5. The van der Waals surface area contributed by atoms with Crippen molar-refractivity contribution in [2.45, 2.75) is 24.3 Å². The molecule has 1 aromatic carbocycles. The molecule has 0 amide bonds. The largest absolute Gasteiger partial charge is 0.506 e. The Morgan fingerprint density at radius 2 is 2.17 bits per heavy atom. The van der Waals surface area contributed by atoms with Gasteiger partial charge in [-0.3, -0.25) is 9.98 Å². The van der Waals surface area contributed by atoms with Gasteiger partial charge in [-0.1, -0.05) is 42.4 Å². The third kappa shape index (κ3) is 2.58. The first-order chi connectivity index (χ1) is 11.1. The second-order valence-electron chi connectivity index (χ2n) is 5.85. The highest BCUT2D eigenvalue weighted by molar-refractivity contribution is 8.14. The van der Waals surface area contributed by atoms with E-state index >= 15 is 0 Å². The van der Waals surface area contributed by atoms with Crippen LogP contribution in [0.3, 0.4) is 0 Å². The Bertz CT molecular complexity index is 768. The number of fused-ring (bicyclic) bond motifs is 1. The van der Waals surface area contributed by atoms with E-state index in [0.29, 0.717) is 10.3 Å². The highest BCUT2D eigenvalue weighted by Crippen LogP contribution is 2.48. The molecule has 1 aromatic heterocycles. The quantitative estimate of drug-likeness (QED) is 0.892. The summed E-state index contributed by atoms with van der Waals surface area (Å²) in [6.07, 6.45) is 1.80. The predicted molar refractivity (Wildman–Crippen MR) is 94.0 cm³/mol. The molecule has 4 rings (SSSR count). The van der Waals surface area contributed by atoms with Gasteiger partial charge in [0.15, 0.2) is 5.17 Å². The Hall–Kier alpha value is -1.72. The van der Waals surface area contributed by atoms with Crippen molar-refractivity contribution in [2.75, 3.05) is 6.54 Å². The van der Waals surface area contributed by atoms with Crippen LogP contribution in [0.4, 0.5) is 0 Å². The Kier molecular flexibility index (Phi) is 3.70. The van der Waals surface area contributed by atoms with Crippen LogP contribution in [-0.2, 0) is 0 Å². The van der Waals surface area contributed by atoms with E-state index in [-0.39, 0.29) is 17.8 Å². The van der Waals surface area contributed by atoms with Crippen LogP contribution < -0.4 is 0 Å². The number of rotatable bonds is 2. The maximum absolute atomic E-state index is 9.71. The summed E-state index contributed by atoms with van der Waals surface area (Å²) in [5.74, 6) is 0.105. The number of benzene rings is 1. The molecule has 0 bridgehead atoms. The van der Waals surface area contributed by atoms with Crippen LogP contribution in [0.15, 0.2) is 47.6 Å². The van der Waals surface area contributed by atoms with E-state index in [1.54, 1.807) is 24.0 Å². The summed E-state index contributed by atoms with van der Waals surface area (Å²) in [4.78, 5) is 11.7. The summed E-state index contributed by atoms with van der Waals surface area (Å²) in [6, 6.07) is 11.3. The summed E-state index contributed by atoms with van der Waals surface area (Å²) in [6.45, 7) is 3.16. The third-order valence-electron chi connectivity index (χ3n) is 4.19. The number of halogens is 1. The normalized spacial score (nSPS) is 26.3. The summed E-state index contributed by atoms with van der Waals surface area (Å²) in [5.41, 5.74) is 2.01. The average molecular weight is 346 g/mol. The molecular weight excluding hydrogens is 330 g/mol. The van der Waals surface area contributed by atoms with Gasteiger partial charge < -0.3 is 10.0 Å². The lowest BCUT2D eigenvalue weighted by Crippen LogP contribution is -2.28. The number of phenols is 1. The Balaban J connectivity index is 1.79. The van der Waals surface area contributed by atoms with Gasteiger partial charge in [0.2, 0.25) is 0 Å². The highest BCUT2D eigenvalue weighted by Gasteiger charge is 2.43. The van der Waals surface area contributed by atoms with Gasteiger partial charge >= 0.3 is 0 Å². The van der Waals surface area contributed by atoms with Gasteiger partial charge in [-0.25, -0.2) is 0 Å². The van der Waals surface area contributed by atoms with E-state index in [1.807, 2.05) is 30.3 Å². The van der Waals surface area contributed by atoms with Crippen LogP contribution in [0.5, 0.6) is 5.75 Å². The molecule has 1 N–H and O–H groups in total. The van der Waals surface area contributed by atoms with E-state index in [9.17, 15) is 5.11 Å². The van der Waals surface area contributed by atoms with E-state index in [0.717, 1.165) is 23.0 Å². The fraction of sp³-hybridized carbons (Fsp3) is 0.294. The second-order valence-corrected chi connectivity index (χ2v) is 7.66. The molecule has 2 aliphatic rings. The van der Waals surface area contributed by atoms with Crippen molar-refractivity contribution in [3.05, 3.63) is 58.9 Å². The lowest BCUT2D eigenvalue weighted by atomic mass is 9.96.